The Bertz CT molecular complexity index is 374. The van der Waals surface area contributed by atoms with Gasteiger partial charge in [-0.05, 0) is 13.8 Å². The minimum Gasteiger partial charge on any atom is -0.460 e. The molecule has 0 aliphatic heterocycles. The first-order chi connectivity index (χ1) is 7.06. The molecule has 1 aromatic rings. The number of rotatable bonds is 4. The first kappa shape index (κ1) is 11.1. The number of hydrogen-bond donors (Lipinski definition) is 0. The van der Waals surface area contributed by atoms with E-state index in [4.69, 9.17) is 0 Å². The number of ether oxygens (including phenoxy) is 1. The van der Waals surface area contributed by atoms with Crippen molar-refractivity contribution in [2.45, 2.75) is 19.9 Å². The van der Waals surface area contributed by atoms with Crippen molar-refractivity contribution in [3.8, 4) is 0 Å². The fourth-order valence-corrected chi connectivity index (χ4v) is 0.922. The lowest BCUT2D eigenvalue weighted by Gasteiger charge is -2.03. The highest BCUT2D eigenvalue weighted by Crippen LogP contribution is 2.15. The lowest BCUT2D eigenvalue weighted by atomic mass is 10.3. The third-order valence-electron chi connectivity index (χ3n) is 1.50. The smallest absolute Gasteiger partial charge is 0.392 e. The van der Waals surface area contributed by atoms with Crippen LogP contribution in [0.2, 0.25) is 0 Å². The maximum atomic E-state index is 11.2. The third-order valence-corrected chi connectivity index (χ3v) is 1.50. The third kappa shape index (κ3) is 2.48. The van der Waals surface area contributed by atoms with Crippen molar-refractivity contribution in [1.29, 1.82) is 0 Å². The molecule has 0 spiro atoms. The Morgan fingerprint density at radius 1 is 1.73 bits per heavy atom. The quantitative estimate of drug-likeness (QED) is 0.402. The van der Waals surface area contributed by atoms with E-state index in [1.807, 2.05) is 0 Å². The molecule has 1 aromatic heterocycles. The number of esters is 1. The van der Waals surface area contributed by atoms with Crippen LogP contribution < -0.4 is 0 Å². The molecule has 1 heterocycles. The van der Waals surface area contributed by atoms with E-state index < -0.39 is 16.9 Å². The normalized spacial score (nSPS) is 12.1. The molecule has 1 rings (SSSR count). The Hall–Kier alpha value is -1.99. The van der Waals surface area contributed by atoms with Gasteiger partial charge in [0, 0.05) is 4.92 Å². The Morgan fingerprint density at radius 2 is 2.40 bits per heavy atom. The summed E-state index contributed by atoms with van der Waals surface area (Å²) in [4.78, 5) is 24.6. The number of nitro groups is 1. The molecule has 0 amide bonds. The lowest BCUT2D eigenvalue weighted by Crippen LogP contribution is -2.23. The lowest BCUT2D eigenvalue weighted by molar-refractivity contribution is -0.520. The maximum Gasteiger partial charge on any atom is 0.392 e. The summed E-state index contributed by atoms with van der Waals surface area (Å²) in [5.74, 6) is -1.15. The van der Waals surface area contributed by atoms with E-state index in [1.54, 1.807) is 6.92 Å². The molecule has 82 valence electrons. The van der Waals surface area contributed by atoms with E-state index in [2.05, 4.69) is 19.4 Å². The van der Waals surface area contributed by atoms with Crippen LogP contribution in [0.4, 0.5) is 0 Å². The molecule has 0 aliphatic carbocycles. The summed E-state index contributed by atoms with van der Waals surface area (Å²) in [6.45, 7) is 3.10. The average molecular weight is 215 g/mol. The van der Waals surface area contributed by atoms with Crippen LogP contribution in [0.3, 0.4) is 0 Å². The average Bonchev–Trinajstić information content (AvgIpc) is 2.51. The van der Waals surface area contributed by atoms with Crippen LogP contribution in [-0.2, 0) is 9.53 Å². The predicted octanol–water partition coefficient (Wildman–Crippen LogP) is 0.259. The molecular formula is C7H9N3O5. The second kappa shape index (κ2) is 4.49. The monoisotopic (exact) mass is 215 g/mol. The van der Waals surface area contributed by atoms with Crippen molar-refractivity contribution in [2.75, 3.05) is 6.61 Å². The first-order valence-corrected chi connectivity index (χ1v) is 4.16. The Labute approximate surface area is 84.4 Å². The molecule has 1 unspecified atom stereocenters. The largest absolute Gasteiger partial charge is 0.460 e. The molecular weight excluding hydrogens is 206 g/mol. The van der Waals surface area contributed by atoms with Crippen molar-refractivity contribution in [3.05, 3.63) is 21.8 Å². The molecule has 15 heavy (non-hydrogen) atoms. The van der Waals surface area contributed by atoms with Crippen LogP contribution in [0.5, 0.6) is 0 Å². The van der Waals surface area contributed by atoms with E-state index in [0.29, 0.717) is 0 Å². The van der Waals surface area contributed by atoms with Crippen molar-refractivity contribution >= 4 is 5.97 Å². The fourth-order valence-electron chi connectivity index (χ4n) is 0.922. The number of aryl methyl sites for hydroxylation is 1. The van der Waals surface area contributed by atoms with Crippen LogP contribution in [0.15, 0.2) is 4.52 Å². The van der Waals surface area contributed by atoms with Gasteiger partial charge in [0.2, 0.25) is 0 Å². The molecule has 0 bridgehead atoms. The summed E-state index contributed by atoms with van der Waals surface area (Å²) < 4.78 is 9.07. The van der Waals surface area contributed by atoms with Crippen molar-refractivity contribution in [3.63, 3.8) is 0 Å². The molecule has 1 atom stereocenters. The van der Waals surface area contributed by atoms with Crippen molar-refractivity contribution < 1.29 is 19.0 Å². The zero-order valence-corrected chi connectivity index (χ0v) is 8.17. The molecule has 0 fully saturated rings. The van der Waals surface area contributed by atoms with E-state index in [-0.39, 0.29) is 18.3 Å². The summed E-state index contributed by atoms with van der Waals surface area (Å²) in [6.07, 6.45) is 0. The number of aromatic nitrogens is 2. The van der Waals surface area contributed by atoms with E-state index in [0.717, 1.165) is 0 Å². The van der Waals surface area contributed by atoms with E-state index in [1.165, 1.54) is 6.92 Å². The number of carbonyl (C=O) groups excluding carboxylic acids is 1. The second-order valence-electron chi connectivity index (χ2n) is 2.62. The minimum atomic E-state index is -1.74. The molecule has 8 nitrogen and oxygen atoms in total. The van der Waals surface area contributed by atoms with Crippen LogP contribution in [0.1, 0.15) is 24.7 Å². The number of carbonyl (C=O) groups is 1. The van der Waals surface area contributed by atoms with E-state index >= 15 is 0 Å². The first-order valence-electron chi connectivity index (χ1n) is 4.16. The van der Waals surface area contributed by atoms with Crippen LogP contribution in [0.25, 0.3) is 0 Å². The topological polar surface area (TPSA) is 108 Å². The number of hydrogen-bond acceptors (Lipinski definition) is 7. The van der Waals surface area contributed by atoms with Crippen molar-refractivity contribution in [2.24, 2.45) is 0 Å². The molecule has 0 saturated carbocycles. The molecule has 0 radical (unpaired) electrons. The van der Waals surface area contributed by atoms with Crippen LogP contribution >= 0.6 is 0 Å². The highest BCUT2D eigenvalue weighted by molar-refractivity contribution is 5.74. The van der Waals surface area contributed by atoms with Gasteiger partial charge in [0.25, 0.3) is 0 Å². The minimum absolute atomic E-state index is 0.0519. The van der Waals surface area contributed by atoms with Gasteiger partial charge in [-0.3, -0.25) is 10.1 Å². The van der Waals surface area contributed by atoms with Gasteiger partial charge < -0.3 is 9.26 Å². The molecule has 0 aliphatic rings. The van der Waals surface area contributed by atoms with Gasteiger partial charge in [-0.2, -0.15) is 4.98 Å². The summed E-state index contributed by atoms with van der Waals surface area (Å²) in [5.41, 5.74) is 0. The molecule has 0 N–H and O–H groups in total. The predicted molar refractivity (Wildman–Crippen MR) is 45.4 cm³/mol. The van der Waals surface area contributed by atoms with E-state index in [9.17, 15) is 14.9 Å². The Morgan fingerprint density at radius 3 is 2.80 bits per heavy atom. The van der Waals surface area contributed by atoms with Gasteiger partial charge in [0.15, 0.2) is 5.82 Å². The van der Waals surface area contributed by atoms with Gasteiger partial charge >= 0.3 is 17.9 Å². The van der Waals surface area contributed by atoms with Crippen molar-refractivity contribution in [1.82, 2.24) is 10.1 Å². The summed E-state index contributed by atoms with van der Waals surface area (Å²) in [6, 6.07) is -1.74. The van der Waals surface area contributed by atoms with Gasteiger partial charge in [-0.1, -0.05) is 5.16 Å². The van der Waals surface area contributed by atoms with Gasteiger partial charge in [0.05, 0.1) is 6.61 Å². The van der Waals surface area contributed by atoms with Crippen LogP contribution in [0, 0.1) is 17.0 Å². The number of nitrogens with zero attached hydrogens (tertiary/aromatic N) is 3. The summed E-state index contributed by atoms with van der Waals surface area (Å²) in [5, 5.41) is 14.0. The highest BCUT2D eigenvalue weighted by Gasteiger charge is 2.39. The Balaban J connectivity index is 2.93. The van der Waals surface area contributed by atoms with Gasteiger partial charge in [0.1, 0.15) is 0 Å². The van der Waals surface area contributed by atoms with Gasteiger partial charge in [-0.25, -0.2) is 4.79 Å². The SMILES string of the molecule is CCOC(=O)C(c1nc(C)no1)[N+](=O)[O-]. The van der Waals surface area contributed by atoms with Gasteiger partial charge in [-0.15, -0.1) is 0 Å². The Kier molecular flexibility index (Phi) is 3.32. The maximum absolute atomic E-state index is 11.2. The highest BCUT2D eigenvalue weighted by atomic mass is 16.6. The second-order valence-corrected chi connectivity index (χ2v) is 2.62. The molecule has 0 aromatic carbocycles. The fraction of sp³-hybridized carbons (Fsp3) is 0.571. The summed E-state index contributed by atoms with van der Waals surface area (Å²) >= 11 is 0. The zero-order chi connectivity index (χ0) is 11.4. The standard InChI is InChI=1S/C7H9N3O5/c1-3-14-7(11)5(10(12)13)6-8-4(2)9-15-6/h5H,3H2,1-2H3. The molecule has 0 saturated heterocycles. The zero-order valence-electron chi connectivity index (χ0n) is 8.17. The summed E-state index contributed by atoms with van der Waals surface area (Å²) in [7, 11) is 0. The van der Waals surface area contributed by atoms with Crippen LogP contribution in [-0.4, -0.2) is 27.6 Å². The molecule has 8 heteroatoms.